The molecule has 0 bridgehead atoms. The van der Waals surface area contributed by atoms with Crippen molar-refractivity contribution in [1.29, 1.82) is 0 Å². The molecular formula is C23H28FN3O2. The first-order valence-electron chi connectivity index (χ1n) is 10.1. The van der Waals surface area contributed by atoms with Crippen molar-refractivity contribution in [3.8, 4) is 0 Å². The van der Waals surface area contributed by atoms with Crippen molar-refractivity contribution in [2.45, 2.75) is 32.7 Å². The van der Waals surface area contributed by atoms with E-state index in [-0.39, 0.29) is 17.6 Å². The normalized spacial score (nSPS) is 15.5. The Kier molecular flexibility index (Phi) is 7.36. The van der Waals surface area contributed by atoms with Crippen LogP contribution >= 0.6 is 0 Å². The highest BCUT2D eigenvalue weighted by Gasteiger charge is 2.21. The predicted octanol–water partition coefficient (Wildman–Crippen LogP) is 3.72. The molecule has 0 saturated carbocycles. The Hall–Kier alpha value is -2.73. The molecule has 29 heavy (non-hydrogen) atoms. The maximum Gasteiger partial charge on any atom is 0.255 e. The number of halogens is 1. The summed E-state index contributed by atoms with van der Waals surface area (Å²) in [5, 5.41) is 9.13. The Bertz CT molecular complexity index is 832. The average Bonchev–Trinajstić information content (AvgIpc) is 2.73. The lowest BCUT2D eigenvalue weighted by Crippen LogP contribution is -2.33. The Balaban J connectivity index is 1.49. The van der Waals surface area contributed by atoms with Gasteiger partial charge in [-0.15, -0.1) is 0 Å². The van der Waals surface area contributed by atoms with E-state index < -0.39 is 0 Å². The van der Waals surface area contributed by atoms with Crippen LogP contribution < -0.4 is 16.0 Å². The highest BCUT2D eigenvalue weighted by atomic mass is 19.1. The van der Waals surface area contributed by atoms with Crippen molar-refractivity contribution in [3.63, 3.8) is 0 Å². The van der Waals surface area contributed by atoms with Gasteiger partial charge in [-0.25, -0.2) is 4.39 Å². The van der Waals surface area contributed by atoms with Crippen LogP contribution in [0.25, 0.3) is 0 Å². The van der Waals surface area contributed by atoms with E-state index in [1.165, 1.54) is 24.3 Å². The smallest absolute Gasteiger partial charge is 0.255 e. The van der Waals surface area contributed by atoms with Crippen LogP contribution in [-0.4, -0.2) is 24.9 Å². The fraction of sp³-hybridized carbons (Fsp3) is 0.391. The van der Waals surface area contributed by atoms with Gasteiger partial charge < -0.3 is 16.0 Å². The number of piperidine rings is 1. The van der Waals surface area contributed by atoms with E-state index in [4.69, 9.17) is 0 Å². The minimum absolute atomic E-state index is 0.0526. The molecule has 2 aromatic carbocycles. The van der Waals surface area contributed by atoms with Crippen molar-refractivity contribution in [1.82, 2.24) is 10.6 Å². The molecule has 1 atom stereocenters. The van der Waals surface area contributed by atoms with Crippen molar-refractivity contribution in [2.75, 3.05) is 18.4 Å². The van der Waals surface area contributed by atoms with Gasteiger partial charge in [-0.05, 0) is 79.7 Å². The molecule has 6 heteroatoms. The van der Waals surface area contributed by atoms with Crippen LogP contribution in [0.4, 0.5) is 10.1 Å². The monoisotopic (exact) mass is 397 g/mol. The number of benzene rings is 2. The van der Waals surface area contributed by atoms with E-state index in [0.29, 0.717) is 36.1 Å². The van der Waals surface area contributed by atoms with E-state index >= 15 is 0 Å². The van der Waals surface area contributed by atoms with Gasteiger partial charge >= 0.3 is 0 Å². The fourth-order valence-electron chi connectivity index (χ4n) is 3.71. The summed E-state index contributed by atoms with van der Waals surface area (Å²) in [5.41, 5.74) is 1.93. The van der Waals surface area contributed by atoms with Gasteiger partial charge in [0.2, 0.25) is 5.91 Å². The molecule has 1 heterocycles. The number of hydrogen-bond donors (Lipinski definition) is 3. The second-order valence-electron chi connectivity index (χ2n) is 7.71. The second-order valence-corrected chi connectivity index (χ2v) is 7.71. The highest BCUT2D eigenvalue weighted by molar-refractivity contribution is 6.04. The van der Waals surface area contributed by atoms with E-state index in [2.05, 4.69) is 22.9 Å². The van der Waals surface area contributed by atoms with E-state index in [0.717, 1.165) is 31.5 Å². The predicted molar refractivity (Wildman–Crippen MR) is 112 cm³/mol. The molecular weight excluding hydrogens is 369 g/mol. The lowest BCUT2D eigenvalue weighted by Gasteiger charge is -2.27. The summed E-state index contributed by atoms with van der Waals surface area (Å²) in [6.45, 7) is 4.64. The first-order valence-corrected chi connectivity index (χ1v) is 10.1. The van der Waals surface area contributed by atoms with Crippen molar-refractivity contribution < 1.29 is 14.0 Å². The minimum Gasteiger partial charge on any atom is -0.352 e. The molecule has 1 unspecified atom stereocenters. The quantitative estimate of drug-likeness (QED) is 0.667. The Morgan fingerprint density at radius 1 is 1.14 bits per heavy atom. The number of anilines is 1. The summed E-state index contributed by atoms with van der Waals surface area (Å²) < 4.78 is 13.0. The Labute approximate surface area is 171 Å². The van der Waals surface area contributed by atoms with Crippen molar-refractivity contribution in [3.05, 3.63) is 65.5 Å². The Morgan fingerprint density at radius 2 is 1.86 bits per heavy atom. The molecule has 0 radical (unpaired) electrons. The summed E-state index contributed by atoms with van der Waals surface area (Å²) >= 11 is 0. The van der Waals surface area contributed by atoms with E-state index in [9.17, 15) is 14.0 Å². The first kappa shape index (κ1) is 21.0. The summed E-state index contributed by atoms with van der Waals surface area (Å²) in [5.74, 6) is 0.345. The number of nitrogens with one attached hydrogen (secondary N) is 3. The van der Waals surface area contributed by atoms with Crippen LogP contribution in [0.3, 0.4) is 0 Å². The molecule has 2 amide bonds. The standard InChI is InChI=1S/C23H28FN3O2/c1-16(18-9-11-25-12-10-18)13-22(28)26-15-17-3-2-4-21(14-17)27-23(29)19-5-7-20(24)8-6-19/h2-8,14,16,18,25H,9-13,15H2,1H3,(H,26,28)(H,27,29). The number of hydrogen-bond acceptors (Lipinski definition) is 3. The number of carbonyl (C=O) groups excluding carboxylic acids is 2. The summed E-state index contributed by atoms with van der Waals surface area (Å²) in [6, 6.07) is 12.8. The number of amides is 2. The van der Waals surface area contributed by atoms with Gasteiger partial charge in [-0.1, -0.05) is 19.1 Å². The molecule has 1 fully saturated rings. The molecule has 5 nitrogen and oxygen atoms in total. The molecule has 3 rings (SSSR count). The topological polar surface area (TPSA) is 70.2 Å². The van der Waals surface area contributed by atoms with Gasteiger partial charge in [0.1, 0.15) is 5.82 Å². The summed E-state index contributed by atoms with van der Waals surface area (Å²) in [7, 11) is 0. The SMILES string of the molecule is CC(CC(=O)NCc1cccc(NC(=O)c2ccc(F)cc2)c1)C1CCNCC1. The molecule has 154 valence electrons. The lowest BCUT2D eigenvalue weighted by atomic mass is 9.84. The van der Waals surface area contributed by atoms with Crippen LogP contribution in [0.15, 0.2) is 48.5 Å². The fourth-order valence-corrected chi connectivity index (χ4v) is 3.71. The van der Waals surface area contributed by atoms with Gasteiger partial charge in [-0.3, -0.25) is 9.59 Å². The summed E-state index contributed by atoms with van der Waals surface area (Å²) in [6.07, 6.45) is 2.79. The molecule has 1 saturated heterocycles. The molecule has 1 aliphatic rings. The van der Waals surface area contributed by atoms with Gasteiger partial charge in [0.05, 0.1) is 0 Å². The van der Waals surface area contributed by atoms with Crippen molar-refractivity contribution in [2.24, 2.45) is 11.8 Å². The van der Waals surface area contributed by atoms with Gasteiger partial charge in [-0.2, -0.15) is 0 Å². The first-order chi connectivity index (χ1) is 14.0. The van der Waals surface area contributed by atoms with Crippen LogP contribution in [0, 0.1) is 17.7 Å². The third-order valence-electron chi connectivity index (χ3n) is 5.48. The van der Waals surface area contributed by atoms with Crippen LogP contribution in [0.5, 0.6) is 0 Å². The highest BCUT2D eigenvalue weighted by Crippen LogP contribution is 2.24. The molecule has 0 aliphatic carbocycles. The van der Waals surface area contributed by atoms with Gasteiger partial charge in [0.25, 0.3) is 5.91 Å². The lowest BCUT2D eigenvalue weighted by molar-refractivity contribution is -0.122. The second kappa shape index (κ2) is 10.2. The average molecular weight is 397 g/mol. The number of carbonyl (C=O) groups is 2. The van der Waals surface area contributed by atoms with Crippen LogP contribution in [0.2, 0.25) is 0 Å². The maximum atomic E-state index is 13.0. The zero-order valence-corrected chi connectivity index (χ0v) is 16.7. The zero-order valence-electron chi connectivity index (χ0n) is 16.7. The zero-order chi connectivity index (χ0) is 20.6. The third kappa shape index (κ3) is 6.39. The van der Waals surface area contributed by atoms with Crippen LogP contribution in [0.1, 0.15) is 42.1 Å². The van der Waals surface area contributed by atoms with Gasteiger partial charge in [0, 0.05) is 24.2 Å². The third-order valence-corrected chi connectivity index (χ3v) is 5.48. The van der Waals surface area contributed by atoms with E-state index in [1.807, 2.05) is 18.2 Å². The molecule has 0 aromatic heterocycles. The maximum absolute atomic E-state index is 13.0. The largest absolute Gasteiger partial charge is 0.352 e. The molecule has 1 aliphatic heterocycles. The van der Waals surface area contributed by atoms with E-state index in [1.54, 1.807) is 6.07 Å². The summed E-state index contributed by atoms with van der Waals surface area (Å²) in [4.78, 5) is 24.6. The van der Waals surface area contributed by atoms with Crippen molar-refractivity contribution >= 4 is 17.5 Å². The van der Waals surface area contributed by atoms with Gasteiger partial charge in [0.15, 0.2) is 0 Å². The van der Waals surface area contributed by atoms with Crippen LogP contribution in [-0.2, 0) is 11.3 Å². The Morgan fingerprint density at radius 3 is 2.59 bits per heavy atom. The number of rotatable bonds is 7. The molecule has 2 aromatic rings. The molecule has 3 N–H and O–H groups in total. The minimum atomic E-state index is -0.381. The molecule has 0 spiro atoms.